The lowest BCUT2D eigenvalue weighted by Gasteiger charge is -2.12. The molecule has 0 aliphatic heterocycles. The van der Waals surface area contributed by atoms with Gasteiger partial charge in [-0.15, -0.1) is 0 Å². The van der Waals surface area contributed by atoms with E-state index in [0.717, 1.165) is 27.5 Å². The number of ether oxygens (including phenoxy) is 1. The van der Waals surface area contributed by atoms with Crippen LogP contribution in [-0.2, 0) is 6.61 Å². The van der Waals surface area contributed by atoms with Crippen molar-refractivity contribution in [2.75, 3.05) is 0 Å². The fraction of sp³-hybridized carbons (Fsp3) is 0.0526. The van der Waals surface area contributed by atoms with Crippen LogP contribution in [0, 0.1) is 0 Å². The lowest BCUT2D eigenvalue weighted by atomic mass is 10.1. The Labute approximate surface area is 129 Å². The first-order chi connectivity index (χ1) is 10.3. The predicted octanol–water partition coefficient (Wildman–Crippen LogP) is 5.59. The Balaban J connectivity index is 1.83. The van der Waals surface area contributed by atoms with Crippen molar-refractivity contribution in [3.05, 3.63) is 89.4 Å². The van der Waals surface area contributed by atoms with Gasteiger partial charge in [0, 0.05) is 10.6 Å². The molecule has 3 rings (SSSR count). The number of benzene rings is 3. The molecule has 0 saturated heterocycles. The summed E-state index contributed by atoms with van der Waals surface area (Å²) in [6.45, 7) is 0.504. The van der Waals surface area contributed by atoms with Crippen LogP contribution in [0.1, 0.15) is 5.56 Å². The van der Waals surface area contributed by atoms with Gasteiger partial charge in [0.2, 0.25) is 0 Å². The molecule has 3 aromatic carbocycles. The van der Waals surface area contributed by atoms with E-state index in [4.69, 9.17) is 16.3 Å². The number of hydrogen-bond acceptors (Lipinski definition) is 1. The van der Waals surface area contributed by atoms with E-state index in [0.29, 0.717) is 6.61 Å². The molecule has 0 heterocycles. The molecule has 0 amide bonds. The second-order valence-electron chi connectivity index (χ2n) is 4.78. The van der Waals surface area contributed by atoms with Crippen molar-refractivity contribution < 1.29 is 4.74 Å². The second-order valence-corrected chi connectivity index (χ2v) is 5.22. The highest BCUT2D eigenvalue weighted by atomic mass is 35.5. The zero-order chi connectivity index (χ0) is 14.5. The van der Waals surface area contributed by atoms with Crippen LogP contribution in [0.4, 0.5) is 0 Å². The quantitative estimate of drug-likeness (QED) is 0.610. The predicted molar refractivity (Wildman–Crippen MR) is 87.7 cm³/mol. The van der Waals surface area contributed by atoms with Crippen molar-refractivity contribution in [3.63, 3.8) is 0 Å². The summed E-state index contributed by atoms with van der Waals surface area (Å²) in [5.41, 5.74) is 3.31. The number of halogens is 1. The van der Waals surface area contributed by atoms with E-state index in [9.17, 15) is 0 Å². The average Bonchev–Trinajstić information content (AvgIpc) is 2.54. The Hall–Kier alpha value is -2.25. The number of para-hydroxylation sites is 1. The fourth-order valence-electron chi connectivity index (χ4n) is 2.24. The van der Waals surface area contributed by atoms with E-state index >= 15 is 0 Å². The van der Waals surface area contributed by atoms with Gasteiger partial charge in [0.1, 0.15) is 12.4 Å². The van der Waals surface area contributed by atoms with E-state index in [2.05, 4.69) is 18.2 Å². The second kappa shape index (κ2) is 6.47. The summed E-state index contributed by atoms with van der Waals surface area (Å²) in [6, 6.07) is 26.1. The van der Waals surface area contributed by atoms with Crippen molar-refractivity contribution in [2.24, 2.45) is 0 Å². The van der Waals surface area contributed by atoms with Crippen LogP contribution >= 0.6 is 11.6 Å². The summed E-state index contributed by atoms with van der Waals surface area (Å²) in [5.74, 6) is 0.878. The summed E-state index contributed by atoms with van der Waals surface area (Å²) >= 11 is 6.00. The first-order valence-electron chi connectivity index (χ1n) is 6.84. The van der Waals surface area contributed by atoms with Crippen LogP contribution in [0.15, 0.2) is 78.9 Å². The van der Waals surface area contributed by atoms with Crippen LogP contribution in [0.3, 0.4) is 0 Å². The zero-order valence-corrected chi connectivity index (χ0v) is 12.3. The van der Waals surface area contributed by atoms with Crippen LogP contribution < -0.4 is 4.74 Å². The Morgan fingerprint density at radius 1 is 0.762 bits per heavy atom. The molecule has 2 heteroatoms. The Kier molecular flexibility index (Phi) is 4.23. The van der Waals surface area contributed by atoms with Crippen molar-refractivity contribution in [2.45, 2.75) is 6.61 Å². The minimum absolute atomic E-state index is 0.504. The molecule has 21 heavy (non-hydrogen) atoms. The SMILES string of the molecule is Clc1cccc(COc2ccccc2-c2ccccc2)c1. The van der Waals surface area contributed by atoms with Gasteiger partial charge >= 0.3 is 0 Å². The molecule has 0 unspecified atom stereocenters. The molecule has 0 fully saturated rings. The van der Waals surface area contributed by atoms with Gasteiger partial charge in [-0.1, -0.05) is 72.3 Å². The normalized spacial score (nSPS) is 10.3. The van der Waals surface area contributed by atoms with E-state index in [-0.39, 0.29) is 0 Å². The highest BCUT2D eigenvalue weighted by Crippen LogP contribution is 2.30. The molecular weight excluding hydrogens is 280 g/mol. The van der Waals surface area contributed by atoms with Crippen LogP contribution in [-0.4, -0.2) is 0 Å². The van der Waals surface area contributed by atoms with E-state index in [1.54, 1.807) is 0 Å². The number of rotatable bonds is 4. The molecule has 0 radical (unpaired) electrons. The van der Waals surface area contributed by atoms with Crippen molar-refractivity contribution >= 4 is 11.6 Å². The van der Waals surface area contributed by atoms with Crippen LogP contribution in [0.2, 0.25) is 5.02 Å². The third kappa shape index (κ3) is 3.45. The summed E-state index contributed by atoms with van der Waals surface area (Å²) in [5, 5.41) is 0.729. The number of hydrogen-bond donors (Lipinski definition) is 0. The molecule has 1 nitrogen and oxygen atoms in total. The van der Waals surface area contributed by atoms with Crippen LogP contribution in [0.25, 0.3) is 11.1 Å². The molecule has 0 aliphatic rings. The van der Waals surface area contributed by atoms with E-state index < -0.39 is 0 Å². The molecule has 104 valence electrons. The van der Waals surface area contributed by atoms with Gasteiger partial charge in [0.25, 0.3) is 0 Å². The van der Waals surface area contributed by atoms with E-state index in [1.807, 2.05) is 60.7 Å². The van der Waals surface area contributed by atoms with Gasteiger partial charge in [0.15, 0.2) is 0 Å². The summed E-state index contributed by atoms with van der Waals surface area (Å²) in [7, 11) is 0. The highest BCUT2D eigenvalue weighted by Gasteiger charge is 2.05. The lowest BCUT2D eigenvalue weighted by molar-refractivity contribution is 0.307. The topological polar surface area (TPSA) is 9.23 Å². The maximum Gasteiger partial charge on any atom is 0.127 e. The minimum Gasteiger partial charge on any atom is -0.488 e. The molecule has 0 bridgehead atoms. The Morgan fingerprint density at radius 3 is 2.33 bits per heavy atom. The third-order valence-electron chi connectivity index (χ3n) is 3.26. The molecule has 0 N–H and O–H groups in total. The Morgan fingerprint density at radius 2 is 1.52 bits per heavy atom. The molecule has 0 spiro atoms. The smallest absolute Gasteiger partial charge is 0.127 e. The molecular formula is C19H15ClO. The minimum atomic E-state index is 0.504. The molecule has 0 atom stereocenters. The summed E-state index contributed by atoms with van der Waals surface area (Å²) in [6.07, 6.45) is 0. The van der Waals surface area contributed by atoms with Crippen molar-refractivity contribution in [3.8, 4) is 16.9 Å². The van der Waals surface area contributed by atoms with Crippen molar-refractivity contribution in [1.29, 1.82) is 0 Å². The van der Waals surface area contributed by atoms with Gasteiger partial charge in [0.05, 0.1) is 0 Å². The Bertz CT molecular complexity index is 722. The largest absolute Gasteiger partial charge is 0.488 e. The summed E-state index contributed by atoms with van der Waals surface area (Å²) < 4.78 is 5.97. The zero-order valence-electron chi connectivity index (χ0n) is 11.5. The van der Waals surface area contributed by atoms with Gasteiger partial charge in [-0.3, -0.25) is 0 Å². The molecule has 0 aromatic heterocycles. The van der Waals surface area contributed by atoms with Gasteiger partial charge in [-0.05, 0) is 29.3 Å². The van der Waals surface area contributed by atoms with Gasteiger partial charge in [-0.25, -0.2) is 0 Å². The summed E-state index contributed by atoms with van der Waals surface area (Å²) in [4.78, 5) is 0. The molecule has 0 saturated carbocycles. The molecule has 3 aromatic rings. The standard InChI is InChI=1S/C19H15ClO/c20-17-10-6-7-15(13-17)14-21-19-12-5-4-11-18(19)16-8-2-1-3-9-16/h1-13H,14H2. The monoisotopic (exact) mass is 294 g/mol. The first kappa shape index (κ1) is 13.7. The van der Waals surface area contributed by atoms with Crippen LogP contribution in [0.5, 0.6) is 5.75 Å². The van der Waals surface area contributed by atoms with Gasteiger partial charge < -0.3 is 4.74 Å². The molecule has 0 aliphatic carbocycles. The fourth-order valence-corrected chi connectivity index (χ4v) is 2.45. The van der Waals surface area contributed by atoms with E-state index in [1.165, 1.54) is 0 Å². The van der Waals surface area contributed by atoms with Gasteiger partial charge in [-0.2, -0.15) is 0 Å². The average molecular weight is 295 g/mol. The first-order valence-corrected chi connectivity index (χ1v) is 7.22. The van der Waals surface area contributed by atoms with Crippen molar-refractivity contribution in [1.82, 2.24) is 0 Å². The lowest BCUT2D eigenvalue weighted by Crippen LogP contribution is -1.96. The maximum atomic E-state index is 6.00. The maximum absolute atomic E-state index is 6.00. The third-order valence-corrected chi connectivity index (χ3v) is 3.49. The highest BCUT2D eigenvalue weighted by molar-refractivity contribution is 6.30.